The van der Waals surface area contributed by atoms with Crippen LogP contribution in [0.1, 0.15) is 45.2 Å². The summed E-state index contributed by atoms with van der Waals surface area (Å²) in [6.45, 7) is 7.31. The maximum absolute atomic E-state index is 6.10. The Kier molecular flexibility index (Phi) is 6.24. The lowest BCUT2D eigenvalue weighted by atomic mass is 9.89. The Morgan fingerprint density at radius 1 is 1.41 bits per heavy atom. The van der Waals surface area contributed by atoms with E-state index in [-0.39, 0.29) is 0 Å². The fourth-order valence-corrected chi connectivity index (χ4v) is 2.91. The summed E-state index contributed by atoms with van der Waals surface area (Å²) in [5, 5.41) is 0. The van der Waals surface area contributed by atoms with E-state index in [4.69, 9.17) is 4.74 Å². The molecule has 2 rings (SSSR count). The molecule has 0 unspecified atom stereocenters. The van der Waals surface area contributed by atoms with E-state index in [1.807, 2.05) is 31.3 Å². The number of rotatable bonds is 5. The zero-order valence-corrected chi connectivity index (χ0v) is 15.6. The monoisotopic (exact) mass is 367 g/mol. The number of aromatic nitrogens is 1. The summed E-state index contributed by atoms with van der Waals surface area (Å²) in [6.07, 6.45) is 6.85. The largest absolute Gasteiger partial charge is 0.474 e. The van der Waals surface area contributed by atoms with E-state index in [0.29, 0.717) is 12.0 Å². The first-order valence-corrected chi connectivity index (χ1v) is 8.87. The number of halogens is 1. The van der Waals surface area contributed by atoms with Crippen molar-refractivity contribution in [2.75, 3.05) is 13.6 Å². The van der Waals surface area contributed by atoms with Crippen LogP contribution in [0.2, 0.25) is 0 Å². The summed E-state index contributed by atoms with van der Waals surface area (Å²) >= 11 is 3.57. The van der Waals surface area contributed by atoms with Gasteiger partial charge in [0.25, 0.3) is 0 Å². The quantitative estimate of drug-likeness (QED) is 0.557. The maximum atomic E-state index is 6.10. The van der Waals surface area contributed by atoms with Gasteiger partial charge >= 0.3 is 0 Å². The van der Waals surface area contributed by atoms with E-state index in [0.717, 1.165) is 41.2 Å². The van der Waals surface area contributed by atoms with Gasteiger partial charge in [-0.1, -0.05) is 6.92 Å². The molecular formula is C17H26BrN3O. The SMILES string of the molecule is CCN(C)/C=N/c1cc(Br)c(O[C@H]2CC[C@@H](C)CC2)nc1C. The molecule has 0 aromatic carbocycles. The van der Waals surface area contributed by atoms with Gasteiger partial charge in [-0.05, 0) is 67.4 Å². The summed E-state index contributed by atoms with van der Waals surface area (Å²) < 4.78 is 6.97. The second kappa shape index (κ2) is 7.95. The summed E-state index contributed by atoms with van der Waals surface area (Å²) in [4.78, 5) is 11.1. The Balaban J connectivity index is 2.07. The highest BCUT2D eigenvalue weighted by Gasteiger charge is 2.21. The Hall–Kier alpha value is -1.10. The topological polar surface area (TPSA) is 37.7 Å². The molecule has 1 saturated carbocycles. The van der Waals surface area contributed by atoms with Crippen LogP contribution in [0.25, 0.3) is 0 Å². The minimum Gasteiger partial charge on any atom is -0.474 e. The van der Waals surface area contributed by atoms with Crippen LogP contribution in [0.4, 0.5) is 5.69 Å². The van der Waals surface area contributed by atoms with Crippen LogP contribution < -0.4 is 4.74 Å². The number of aryl methyl sites for hydroxylation is 1. The number of hydrogen-bond donors (Lipinski definition) is 0. The molecule has 1 aromatic rings. The third-order valence-electron chi connectivity index (χ3n) is 4.24. The zero-order chi connectivity index (χ0) is 16.1. The highest BCUT2D eigenvalue weighted by Crippen LogP contribution is 2.33. The summed E-state index contributed by atoms with van der Waals surface area (Å²) in [6, 6.07) is 1.99. The van der Waals surface area contributed by atoms with Gasteiger partial charge in [-0.25, -0.2) is 9.98 Å². The molecule has 1 fully saturated rings. The van der Waals surface area contributed by atoms with Crippen molar-refractivity contribution < 1.29 is 4.74 Å². The van der Waals surface area contributed by atoms with Crippen LogP contribution in [0.3, 0.4) is 0 Å². The van der Waals surface area contributed by atoms with E-state index in [9.17, 15) is 0 Å². The number of nitrogens with zero attached hydrogens (tertiary/aromatic N) is 3. The van der Waals surface area contributed by atoms with E-state index in [2.05, 4.69) is 39.8 Å². The molecule has 1 aliphatic rings. The fourth-order valence-electron chi connectivity index (χ4n) is 2.51. The standard InChI is InChI=1S/C17H26BrN3O/c1-5-21(4)11-19-16-10-15(18)17(20-13(16)3)22-14-8-6-12(2)7-9-14/h10-12,14H,5-9H2,1-4H3/b19-11+/t12-,14+. The molecule has 0 radical (unpaired) electrons. The molecule has 0 bridgehead atoms. The molecule has 1 aromatic heterocycles. The average Bonchev–Trinajstić information content (AvgIpc) is 2.51. The highest BCUT2D eigenvalue weighted by molar-refractivity contribution is 9.10. The van der Waals surface area contributed by atoms with Crippen LogP contribution in [-0.2, 0) is 0 Å². The van der Waals surface area contributed by atoms with Crippen LogP contribution in [0, 0.1) is 12.8 Å². The van der Waals surface area contributed by atoms with Gasteiger partial charge in [0.15, 0.2) is 0 Å². The van der Waals surface area contributed by atoms with Crippen molar-refractivity contribution in [3.05, 3.63) is 16.2 Å². The molecule has 0 atom stereocenters. The van der Waals surface area contributed by atoms with Gasteiger partial charge in [0.1, 0.15) is 6.10 Å². The van der Waals surface area contributed by atoms with E-state index < -0.39 is 0 Å². The molecule has 4 nitrogen and oxygen atoms in total. The van der Waals surface area contributed by atoms with Crippen molar-refractivity contribution in [3.8, 4) is 5.88 Å². The molecular weight excluding hydrogens is 342 g/mol. The molecule has 1 heterocycles. The van der Waals surface area contributed by atoms with Crippen molar-refractivity contribution in [1.82, 2.24) is 9.88 Å². The molecule has 122 valence electrons. The van der Waals surface area contributed by atoms with Gasteiger partial charge in [-0.2, -0.15) is 0 Å². The number of aliphatic imine (C=N–C) groups is 1. The first kappa shape index (κ1) is 17.3. The van der Waals surface area contributed by atoms with E-state index in [1.54, 1.807) is 0 Å². The molecule has 22 heavy (non-hydrogen) atoms. The normalized spacial score (nSPS) is 22.0. The Morgan fingerprint density at radius 3 is 2.73 bits per heavy atom. The molecule has 0 spiro atoms. The summed E-state index contributed by atoms with van der Waals surface area (Å²) in [5.74, 6) is 1.52. The van der Waals surface area contributed by atoms with Gasteiger partial charge in [0.2, 0.25) is 5.88 Å². The number of ether oxygens (including phenoxy) is 1. The first-order valence-electron chi connectivity index (χ1n) is 8.07. The van der Waals surface area contributed by atoms with Crippen LogP contribution in [0.15, 0.2) is 15.5 Å². The van der Waals surface area contributed by atoms with E-state index >= 15 is 0 Å². The second-order valence-corrected chi connectivity index (χ2v) is 7.05. The second-order valence-electron chi connectivity index (χ2n) is 6.20. The highest BCUT2D eigenvalue weighted by atomic mass is 79.9. The van der Waals surface area contributed by atoms with Gasteiger partial charge < -0.3 is 9.64 Å². The summed E-state index contributed by atoms with van der Waals surface area (Å²) in [7, 11) is 2.00. The first-order chi connectivity index (χ1) is 10.5. The van der Waals surface area contributed by atoms with Gasteiger partial charge in [0, 0.05) is 13.6 Å². The minimum absolute atomic E-state index is 0.292. The zero-order valence-electron chi connectivity index (χ0n) is 14.0. The van der Waals surface area contributed by atoms with Crippen molar-refractivity contribution in [3.63, 3.8) is 0 Å². The molecule has 5 heteroatoms. The van der Waals surface area contributed by atoms with E-state index in [1.165, 1.54) is 12.8 Å². The smallest absolute Gasteiger partial charge is 0.228 e. The maximum Gasteiger partial charge on any atom is 0.228 e. The van der Waals surface area contributed by atoms with Gasteiger partial charge in [0.05, 0.1) is 22.2 Å². The van der Waals surface area contributed by atoms with Crippen molar-refractivity contribution in [1.29, 1.82) is 0 Å². The molecule has 0 saturated heterocycles. The van der Waals surface area contributed by atoms with Gasteiger partial charge in [-0.15, -0.1) is 0 Å². The van der Waals surface area contributed by atoms with Crippen molar-refractivity contribution in [2.24, 2.45) is 10.9 Å². The summed E-state index contributed by atoms with van der Waals surface area (Å²) in [5.41, 5.74) is 1.76. The lowest BCUT2D eigenvalue weighted by Crippen LogP contribution is -2.23. The third kappa shape index (κ3) is 4.70. The molecule has 0 amide bonds. The molecule has 1 aliphatic carbocycles. The predicted molar refractivity (Wildman–Crippen MR) is 95.2 cm³/mol. The van der Waals surface area contributed by atoms with Crippen molar-refractivity contribution in [2.45, 2.75) is 52.6 Å². The predicted octanol–water partition coefficient (Wildman–Crippen LogP) is 4.72. The van der Waals surface area contributed by atoms with Crippen LogP contribution >= 0.6 is 15.9 Å². The van der Waals surface area contributed by atoms with Crippen LogP contribution in [-0.4, -0.2) is 35.9 Å². The minimum atomic E-state index is 0.292. The molecule has 0 N–H and O–H groups in total. The third-order valence-corrected chi connectivity index (χ3v) is 4.81. The van der Waals surface area contributed by atoms with Gasteiger partial charge in [-0.3, -0.25) is 0 Å². The molecule has 0 aliphatic heterocycles. The number of pyridine rings is 1. The number of hydrogen-bond acceptors (Lipinski definition) is 3. The Morgan fingerprint density at radius 2 is 2.09 bits per heavy atom. The average molecular weight is 368 g/mol. The Bertz CT molecular complexity index is 525. The van der Waals surface area contributed by atoms with Crippen LogP contribution in [0.5, 0.6) is 5.88 Å². The lowest BCUT2D eigenvalue weighted by molar-refractivity contribution is 0.129. The fraction of sp³-hybridized carbons (Fsp3) is 0.647. The van der Waals surface area contributed by atoms with Crippen molar-refractivity contribution >= 4 is 28.0 Å². The Labute approximate surface area is 142 Å². The lowest BCUT2D eigenvalue weighted by Gasteiger charge is -2.26.